The molecule has 0 spiro atoms. The van der Waals surface area contributed by atoms with E-state index in [9.17, 15) is 14.4 Å². The molecule has 53 heavy (non-hydrogen) atoms. The van der Waals surface area contributed by atoms with Gasteiger partial charge in [0.15, 0.2) is 6.04 Å². The van der Waals surface area contributed by atoms with Crippen molar-refractivity contribution < 1.29 is 38.1 Å². The van der Waals surface area contributed by atoms with Crippen LogP contribution in [0.25, 0.3) is 0 Å². The van der Waals surface area contributed by atoms with Crippen molar-refractivity contribution >= 4 is 30.3 Å². The number of rotatable bonds is 16. The number of esters is 3. The van der Waals surface area contributed by atoms with E-state index in [0.29, 0.717) is 32.7 Å². The minimum Gasteiger partial charge on any atom is -0.497 e. The van der Waals surface area contributed by atoms with Crippen LogP contribution in [0.2, 0.25) is 0 Å². The maximum absolute atomic E-state index is 12.1. The van der Waals surface area contributed by atoms with Gasteiger partial charge in [0.25, 0.3) is 0 Å². The fraction of sp³-hybridized carbons (Fsp3) is 0.310. The molecule has 0 amide bonds. The highest BCUT2D eigenvalue weighted by atomic mass is 16.5. The van der Waals surface area contributed by atoms with Crippen LogP contribution < -0.4 is 15.2 Å². The Morgan fingerprint density at radius 3 is 1.53 bits per heavy atom. The third kappa shape index (κ3) is 18.3. The quantitative estimate of drug-likeness (QED) is 0.0824. The number of carbonyl (C=O) groups excluding carboxylic acids is 3. The van der Waals surface area contributed by atoms with Gasteiger partial charge in [-0.15, -0.1) is 0 Å². The van der Waals surface area contributed by atoms with Crippen LogP contribution in [0.5, 0.6) is 11.5 Å². The van der Waals surface area contributed by atoms with Gasteiger partial charge in [-0.25, -0.2) is 4.79 Å². The molecule has 2 N–H and O–H groups in total. The highest BCUT2D eigenvalue weighted by Crippen LogP contribution is 2.12. The van der Waals surface area contributed by atoms with Gasteiger partial charge >= 0.3 is 17.9 Å². The molecule has 0 aliphatic heterocycles. The second-order valence-corrected chi connectivity index (χ2v) is 11.1. The molecule has 2 atom stereocenters. The normalized spacial score (nSPS) is 11.6. The SMILES string of the molecule is CCOC(=O)CN=Cc1ccc(OC)cc1.CCOC(=O)[C@@H](N)Cc1ccccc1.CCOC(=O)[C@H](Cc1ccccc1)N=Cc1ccc(OC)cc1. The average Bonchev–Trinajstić information content (AvgIpc) is 3.18. The predicted octanol–water partition coefficient (Wildman–Crippen LogP) is 6.09. The molecule has 0 aliphatic carbocycles. The Labute approximate surface area is 312 Å². The Kier molecular flexibility index (Phi) is 21.3. The fourth-order valence-electron chi connectivity index (χ4n) is 4.46. The molecule has 11 heteroatoms. The molecule has 0 fully saturated rings. The highest BCUT2D eigenvalue weighted by molar-refractivity contribution is 5.84. The van der Waals surface area contributed by atoms with E-state index >= 15 is 0 Å². The van der Waals surface area contributed by atoms with Gasteiger partial charge in [0.1, 0.15) is 24.1 Å². The molecule has 0 bridgehead atoms. The molecule has 11 nitrogen and oxygen atoms in total. The number of hydrogen-bond donors (Lipinski definition) is 1. The number of nitrogens with zero attached hydrogens (tertiary/aromatic N) is 2. The van der Waals surface area contributed by atoms with Crippen molar-refractivity contribution in [1.82, 2.24) is 0 Å². The standard InChI is InChI=1S/C19H21NO3.C12H15NO3.C11H15NO2/c1-3-23-19(21)18(13-15-7-5-4-6-8-15)20-14-16-9-11-17(22-2)12-10-16;1-3-16-12(14)9-13-8-10-4-6-11(15-2)7-5-10;1-2-14-11(13)10(12)8-9-6-4-3-5-7-9/h4-12,14,18H,3,13H2,1-2H3;4-8H,3,9H2,1-2H3;3-7,10H,2,8,12H2,1H3/t18-;;10-/m0.0/s1. The molecule has 0 radical (unpaired) electrons. The molecule has 0 heterocycles. The van der Waals surface area contributed by atoms with E-state index in [-0.39, 0.29) is 24.5 Å². The molecule has 282 valence electrons. The summed E-state index contributed by atoms with van der Waals surface area (Å²) in [5.41, 5.74) is 9.59. The molecular weight excluding hydrogens is 674 g/mol. The van der Waals surface area contributed by atoms with Crippen molar-refractivity contribution in [2.45, 2.75) is 45.7 Å². The first-order valence-corrected chi connectivity index (χ1v) is 17.4. The summed E-state index contributed by atoms with van der Waals surface area (Å²) in [6.07, 6.45) is 4.38. The Morgan fingerprint density at radius 2 is 1.06 bits per heavy atom. The van der Waals surface area contributed by atoms with E-state index in [4.69, 9.17) is 29.4 Å². The maximum atomic E-state index is 12.1. The second-order valence-electron chi connectivity index (χ2n) is 11.1. The summed E-state index contributed by atoms with van der Waals surface area (Å²) in [5.74, 6) is 0.626. The third-order valence-corrected chi connectivity index (χ3v) is 7.12. The zero-order chi connectivity index (χ0) is 38.7. The van der Waals surface area contributed by atoms with E-state index in [1.807, 2.05) is 109 Å². The van der Waals surface area contributed by atoms with Crippen LogP contribution in [0.1, 0.15) is 43.0 Å². The van der Waals surface area contributed by atoms with Gasteiger partial charge in [-0.2, -0.15) is 0 Å². The zero-order valence-electron chi connectivity index (χ0n) is 31.2. The summed E-state index contributed by atoms with van der Waals surface area (Å²) in [5, 5.41) is 0. The van der Waals surface area contributed by atoms with E-state index in [1.54, 1.807) is 47.4 Å². The van der Waals surface area contributed by atoms with Crippen molar-refractivity contribution in [3.8, 4) is 11.5 Å². The number of benzene rings is 4. The number of nitrogens with two attached hydrogens (primary N) is 1. The van der Waals surface area contributed by atoms with Gasteiger partial charge in [-0.1, -0.05) is 60.7 Å². The van der Waals surface area contributed by atoms with E-state index in [0.717, 1.165) is 33.8 Å². The first-order chi connectivity index (χ1) is 25.7. The molecule has 4 aromatic rings. The van der Waals surface area contributed by atoms with E-state index in [1.165, 1.54) is 0 Å². The molecule has 0 aromatic heterocycles. The minimum absolute atomic E-state index is 0.0554. The lowest BCUT2D eigenvalue weighted by Crippen LogP contribution is -2.34. The summed E-state index contributed by atoms with van der Waals surface area (Å²) in [4.78, 5) is 42.7. The summed E-state index contributed by atoms with van der Waals surface area (Å²) in [6.45, 7) is 6.50. The molecule has 4 aromatic carbocycles. The van der Waals surface area contributed by atoms with Crippen molar-refractivity contribution in [3.63, 3.8) is 0 Å². The molecule has 0 saturated heterocycles. The fourth-order valence-corrected chi connectivity index (χ4v) is 4.46. The summed E-state index contributed by atoms with van der Waals surface area (Å²) < 4.78 is 24.8. The Bertz CT molecular complexity index is 1660. The summed E-state index contributed by atoms with van der Waals surface area (Å²) >= 11 is 0. The summed E-state index contributed by atoms with van der Waals surface area (Å²) in [6, 6.07) is 33.3. The van der Waals surface area contributed by atoms with Crippen LogP contribution in [0.4, 0.5) is 0 Å². The first kappa shape index (κ1) is 43.4. The lowest BCUT2D eigenvalue weighted by Gasteiger charge is -2.11. The second kappa shape index (κ2) is 26.0. The van der Waals surface area contributed by atoms with Crippen molar-refractivity contribution in [2.24, 2.45) is 15.7 Å². The smallest absolute Gasteiger partial charge is 0.331 e. The lowest BCUT2D eigenvalue weighted by molar-refractivity contribution is -0.145. The Hall–Kier alpha value is -5.81. The van der Waals surface area contributed by atoms with Gasteiger partial charge in [0, 0.05) is 18.9 Å². The van der Waals surface area contributed by atoms with Gasteiger partial charge < -0.3 is 29.4 Å². The first-order valence-electron chi connectivity index (χ1n) is 17.4. The zero-order valence-corrected chi connectivity index (χ0v) is 31.2. The third-order valence-electron chi connectivity index (χ3n) is 7.12. The number of hydrogen-bond acceptors (Lipinski definition) is 11. The van der Waals surface area contributed by atoms with Crippen molar-refractivity contribution in [2.75, 3.05) is 40.6 Å². The topological polar surface area (TPSA) is 148 Å². The predicted molar refractivity (Wildman–Crippen MR) is 208 cm³/mol. The number of methoxy groups -OCH3 is 2. The number of aliphatic imine (C=N–C) groups is 2. The van der Waals surface area contributed by atoms with Gasteiger partial charge in [-0.05, 0) is 98.0 Å². The van der Waals surface area contributed by atoms with Crippen molar-refractivity contribution in [1.29, 1.82) is 0 Å². The Morgan fingerprint density at radius 1 is 0.604 bits per heavy atom. The van der Waals surface area contributed by atoms with Crippen LogP contribution >= 0.6 is 0 Å². The molecular formula is C42H51N3O8. The monoisotopic (exact) mass is 725 g/mol. The Balaban J connectivity index is 0.000000286. The van der Waals surface area contributed by atoms with Gasteiger partial charge in [0.2, 0.25) is 0 Å². The minimum atomic E-state index is -0.558. The van der Waals surface area contributed by atoms with Crippen LogP contribution in [-0.4, -0.2) is 83.0 Å². The van der Waals surface area contributed by atoms with Crippen molar-refractivity contribution in [3.05, 3.63) is 131 Å². The van der Waals surface area contributed by atoms with Crippen LogP contribution in [-0.2, 0) is 41.4 Å². The average molecular weight is 726 g/mol. The molecule has 0 saturated carbocycles. The van der Waals surface area contributed by atoms with Crippen LogP contribution in [0, 0.1) is 0 Å². The maximum Gasteiger partial charge on any atom is 0.331 e. The molecule has 0 unspecified atom stereocenters. The lowest BCUT2D eigenvalue weighted by atomic mass is 10.1. The highest BCUT2D eigenvalue weighted by Gasteiger charge is 2.18. The van der Waals surface area contributed by atoms with Crippen LogP contribution in [0.15, 0.2) is 119 Å². The largest absolute Gasteiger partial charge is 0.497 e. The van der Waals surface area contributed by atoms with Gasteiger partial charge in [0.05, 0.1) is 34.0 Å². The number of ether oxygens (including phenoxy) is 5. The number of carbonyl (C=O) groups is 3. The van der Waals surface area contributed by atoms with E-state index < -0.39 is 12.1 Å². The van der Waals surface area contributed by atoms with Crippen LogP contribution in [0.3, 0.4) is 0 Å². The van der Waals surface area contributed by atoms with Gasteiger partial charge in [-0.3, -0.25) is 19.6 Å². The van der Waals surface area contributed by atoms with E-state index in [2.05, 4.69) is 9.98 Å². The summed E-state index contributed by atoms with van der Waals surface area (Å²) in [7, 11) is 3.24. The molecule has 0 aliphatic rings. The molecule has 4 rings (SSSR count).